The minimum absolute atomic E-state index is 0.0113. The molecule has 0 saturated carbocycles. The highest BCUT2D eigenvalue weighted by atomic mass is 35.5. The molecular weight excluding hydrogens is 468 g/mol. The summed E-state index contributed by atoms with van der Waals surface area (Å²) in [6.45, 7) is 2.17. The molecule has 2 aromatic carbocycles. The number of anilines is 1. The Labute approximate surface area is 197 Å². The van der Waals surface area contributed by atoms with Crippen molar-refractivity contribution < 1.29 is 22.6 Å². The molecule has 4 rings (SSSR count). The molecule has 1 aliphatic rings. The van der Waals surface area contributed by atoms with Gasteiger partial charge in [-0.15, -0.1) is 10.2 Å². The molecule has 33 heavy (non-hydrogen) atoms. The Morgan fingerprint density at radius 2 is 1.85 bits per heavy atom. The van der Waals surface area contributed by atoms with Gasteiger partial charge in [0.05, 0.1) is 14.2 Å². The number of halogens is 1. The molecule has 2 heterocycles. The van der Waals surface area contributed by atoms with E-state index in [0.29, 0.717) is 40.2 Å². The third-order valence-electron chi connectivity index (χ3n) is 5.55. The largest absolute Gasteiger partial charge is 0.494 e. The summed E-state index contributed by atoms with van der Waals surface area (Å²) in [4.78, 5) is 0. The summed E-state index contributed by atoms with van der Waals surface area (Å²) >= 11 is 6.06. The fourth-order valence-electron chi connectivity index (χ4n) is 3.78. The molecule has 0 aliphatic carbocycles. The van der Waals surface area contributed by atoms with Gasteiger partial charge in [0.25, 0.3) is 0 Å². The number of methoxy groups -OCH3 is 2. The highest BCUT2D eigenvalue weighted by Crippen LogP contribution is 2.39. The highest BCUT2D eigenvalue weighted by molar-refractivity contribution is 7.92. The topological polar surface area (TPSA) is 105 Å². The van der Waals surface area contributed by atoms with Gasteiger partial charge in [-0.3, -0.25) is 9.29 Å². The van der Waals surface area contributed by atoms with Crippen LogP contribution in [0.5, 0.6) is 11.5 Å². The maximum Gasteiger partial charge on any atom is 0.243 e. The minimum Gasteiger partial charge on any atom is -0.494 e. The van der Waals surface area contributed by atoms with E-state index in [1.54, 1.807) is 54.0 Å². The van der Waals surface area contributed by atoms with Crippen molar-refractivity contribution in [1.82, 2.24) is 14.8 Å². The summed E-state index contributed by atoms with van der Waals surface area (Å²) in [5, 5.41) is 8.02. The Morgan fingerprint density at radius 3 is 2.45 bits per heavy atom. The van der Waals surface area contributed by atoms with Crippen LogP contribution in [0.2, 0.25) is 5.02 Å². The lowest BCUT2D eigenvalue weighted by atomic mass is 10.2. The number of nitrogens with one attached hydrogen (secondary N) is 1. The predicted molar refractivity (Wildman–Crippen MR) is 125 cm³/mol. The van der Waals surface area contributed by atoms with E-state index in [9.17, 15) is 8.42 Å². The van der Waals surface area contributed by atoms with E-state index in [2.05, 4.69) is 14.9 Å². The molecule has 0 bridgehead atoms. The second-order valence-corrected chi connectivity index (χ2v) is 10.0. The van der Waals surface area contributed by atoms with Crippen molar-refractivity contribution in [1.29, 1.82) is 0 Å². The van der Waals surface area contributed by atoms with Gasteiger partial charge in [0, 0.05) is 11.6 Å². The average molecular weight is 493 g/mol. The van der Waals surface area contributed by atoms with Crippen molar-refractivity contribution in [3.63, 3.8) is 0 Å². The summed E-state index contributed by atoms with van der Waals surface area (Å²) in [7, 11) is -0.863. The molecule has 1 aliphatic heterocycles. The van der Waals surface area contributed by atoms with Crippen LogP contribution in [0.1, 0.15) is 42.5 Å². The van der Waals surface area contributed by atoms with Gasteiger partial charge in [0.15, 0.2) is 5.82 Å². The molecule has 1 aromatic heterocycles. The third-order valence-corrected chi connectivity index (χ3v) is 7.45. The van der Waals surface area contributed by atoms with Gasteiger partial charge < -0.3 is 14.2 Å². The van der Waals surface area contributed by atoms with E-state index < -0.39 is 15.3 Å². The van der Waals surface area contributed by atoms with E-state index >= 15 is 0 Å². The minimum atomic E-state index is -3.92. The number of benzene rings is 2. The SMILES string of the molecule is COc1cccc(OC)c1-n1c(NS(=O)(=O)C(C)c2cccc(Cl)c2)nnc1[C@H]1CCCO1. The van der Waals surface area contributed by atoms with Crippen molar-refractivity contribution in [2.45, 2.75) is 31.1 Å². The van der Waals surface area contributed by atoms with Crippen LogP contribution >= 0.6 is 11.6 Å². The predicted octanol–water partition coefficient (Wildman–Crippen LogP) is 4.29. The van der Waals surface area contributed by atoms with E-state index in [-0.39, 0.29) is 12.1 Å². The normalized spacial score (nSPS) is 17.0. The van der Waals surface area contributed by atoms with E-state index in [1.807, 2.05) is 0 Å². The maximum absolute atomic E-state index is 13.3. The second kappa shape index (κ2) is 9.58. The smallest absolute Gasteiger partial charge is 0.243 e. The second-order valence-electron chi connectivity index (χ2n) is 7.57. The molecule has 3 aromatic rings. The summed E-state index contributed by atoms with van der Waals surface area (Å²) in [5.41, 5.74) is 1.03. The van der Waals surface area contributed by atoms with Crippen LogP contribution in [0.3, 0.4) is 0 Å². The summed E-state index contributed by atoms with van der Waals surface area (Å²) in [6.07, 6.45) is 1.27. The Kier molecular flexibility index (Phi) is 6.78. The van der Waals surface area contributed by atoms with Crippen molar-refractivity contribution in [3.05, 3.63) is 58.9 Å². The van der Waals surface area contributed by atoms with Crippen LogP contribution in [-0.2, 0) is 14.8 Å². The Hall–Kier alpha value is -2.82. The summed E-state index contributed by atoms with van der Waals surface area (Å²) in [5.74, 6) is 1.41. The lowest BCUT2D eigenvalue weighted by Gasteiger charge is -2.20. The first-order valence-corrected chi connectivity index (χ1v) is 12.3. The molecule has 9 nitrogen and oxygen atoms in total. The lowest BCUT2D eigenvalue weighted by molar-refractivity contribution is 0.103. The van der Waals surface area contributed by atoms with Gasteiger partial charge in [-0.25, -0.2) is 8.42 Å². The van der Waals surface area contributed by atoms with Crippen LogP contribution in [0.25, 0.3) is 5.69 Å². The molecule has 2 atom stereocenters. The van der Waals surface area contributed by atoms with Crippen molar-refractivity contribution in [2.24, 2.45) is 0 Å². The fourth-order valence-corrected chi connectivity index (χ4v) is 5.05. The molecule has 176 valence electrons. The Balaban J connectivity index is 1.82. The molecule has 11 heteroatoms. The quantitative estimate of drug-likeness (QED) is 0.500. The van der Waals surface area contributed by atoms with Crippen LogP contribution in [0.4, 0.5) is 5.95 Å². The van der Waals surface area contributed by atoms with Crippen LogP contribution in [0.15, 0.2) is 42.5 Å². The van der Waals surface area contributed by atoms with E-state index in [0.717, 1.165) is 12.8 Å². The number of hydrogen-bond donors (Lipinski definition) is 1. The zero-order valence-corrected chi connectivity index (χ0v) is 20.1. The van der Waals surface area contributed by atoms with E-state index in [4.69, 9.17) is 25.8 Å². The number of nitrogens with zero attached hydrogens (tertiary/aromatic N) is 3. The Bertz CT molecular complexity index is 1220. The zero-order chi connectivity index (χ0) is 23.6. The number of para-hydroxylation sites is 1. The number of aromatic nitrogens is 3. The summed E-state index contributed by atoms with van der Waals surface area (Å²) in [6, 6.07) is 12.0. The van der Waals surface area contributed by atoms with Gasteiger partial charge >= 0.3 is 0 Å². The molecule has 0 amide bonds. The van der Waals surface area contributed by atoms with Crippen LogP contribution in [0, 0.1) is 0 Å². The molecule has 1 N–H and O–H groups in total. The molecule has 0 radical (unpaired) electrons. The van der Waals surface area contributed by atoms with Crippen LogP contribution < -0.4 is 14.2 Å². The average Bonchev–Trinajstić information content (AvgIpc) is 3.47. The zero-order valence-electron chi connectivity index (χ0n) is 18.5. The fraction of sp³-hybridized carbons (Fsp3) is 0.364. The Morgan fingerprint density at radius 1 is 1.15 bits per heavy atom. The highest BCUT2D eigenvalue weighted by Gasteiger charge is 2.32. The molecule has 0 spiro atoms. The number of rotatable bonds is 8. The first-order valence-electron chi connectivity index (χ1n) is 10.4. The van der Waals surface area contributed by atoms with E-state index in [1.165, 1.54) is 14.2 Å². The number of sulfonamides is 1. The molecule has 1 saturated heterocycles. The maximum atomic E-state index is 13.3. The third kappa shape index (κ3) is 4.64. The van der Waals surface area contributed by atoms with Crippen molar-refractivity contribution in [3.8, 4) is 17.2 Å². The molecule has 1 unspecified atom stereocenters. The number of hydrogen-bond acceptors (Lipinski definition) is 7. The first kappa shape index (κ1) is 23.3. The van der Waals surface area contributed by atoms with Gasteiger partial charge in [-0.1, -0.05) is 29.8 Å². The van der Waals surface area contributed by atoms with Crippen LogP contribution in [-0.4, -0.2) is 44.0 Å². The number of ether oxygens (including phenoxy) is 3. The lowest BCUT2D eigenvalue weighted by Crippen LogP contribution is -2.22. The molecule has 1 fully saturated rings. The molecular formula is C22H25ClN4O5S. The standard InChI is InChI=1S/C22H25ClN4O5S/c1-14(15-7-4-8-16(23)13-15)33(28,29)26-22-25-24-21(19-11-6-12-32-19)27(22)20-17(30-2)9-5-10-18(20)31-3/h4-5,7-10,13-14,19H,6,11-12H2,1-3H3,(H,25,26)/t14?,19-/m1/s1. The van der Waals surface area contributed by atoms with Crippen molar-refractivity contribution in [2.75, 3.05) is 25.5 Å². The van der Waals surface area contributed by atoms with Gasteiger partial charge in [0.2, 0.25) is 16.0 Å². The first-order chi connectivity index (χ1) is 15.9. The van der Waals surface area contributed by atoms with Gasteiger partial charge in [-0.05, 0) is 49.6 Å². The van der Waals surface area contributed by atoms with Gasteiger partial charge in [0.1, 0.15) is 28.5 Å². The van der Waals surface area contributed by atoms with Crippen molar-refractivity contribution >= 4 is 27.6 Å². The monoisotopic (exact) mass is 492 g/mol. The summed E-state index contributed by atoms with van der Waals surface area (Å²) < 4.78 is 47.7. The van der Waals surface area contributed by atoms with Gasteiger partial charge in [-0.2, -0.15) is 0 Å².